The van der Waals surface area contributed by atoms with Crippen LogP contribution in [0.15, 0.2) is 65.2 Å². The summed E-state index contributed by atoms with van der Waals surface area (Å²) in [5, 5.41) is 26.8. The molecule has 1 fully saturated rings. The first-order chi connectivity index (χ1) is 16.6. The molecule has 4 aromatic rings. The van der Waals surface area contributed by atoms with E-state index in [9.17, 15) is 10.2 Å². The Hall–Kier alpha value is -2.97. The van der Waals surface area contributed by atoms with Crippen LogP contribution in [0.4, 0.5) is 0 Å². The number of pyridine rings is 1. The number of β-amino-alcohol motifs (C(OH)–C–C–N with tert-alkyl or cyclic N) is 1. The third kappa shape index (κ3) is 4.52. The van der Waals surface area contributed by atoms with Gasteiger partial charge in [-0.2, -0.15) is 0 Å². The van der Waals surface area contributed by atoms with Crippen molar-refractivity contribution >= 4 is 21.9 Å². The molecular weight excluding hydrogens is 430 g/mol. The lowest BCUT2D eigenvalue weighted by atomic mass is 9.87. The molecule has 1 atom stereocenters. The van der Waals surface area contributed by atoms with Crippen molar-refractivity contribution in [2.75, 3.05) is 33.4 Å². The second-order valence-corrected chi connectivity index (χ2v) is 9.12. The minimum absolute atomic E-state index is 0.0679. The zero-order valence-corrected chi connectivity index (χ0v) is 19.4. The molecule has 0 spiro atoms. The molecule has 7 heteroatoms. The number of aromatic nitrogens is 1. The number of methoxy groups -OCH3 is 1. The van der Waals surface area contributed by atoms with Crippen LogP contribution in [0.5, 0.6) is 5.75 Å². The number of aliphatic hydroxyl groups is 2. The first kappa shape index (κ1) is 22.8. The van der Waals surface area contributed by atoms with Crippen LogP contribution in [-0.2, 0) is 6.54 Å². The van der Waals surface area contributed by atoms with Gasteiger partial charge in [0, 0.05) is 42.1 Å². The number of aliphatic hydroxyl groups excluding tert-OH is 2. The Morgan fingerprint density at radius 1 is 1.15 bits per heavy atom. The Morgan fingerprint density at radius 3 is 2.74 bits per heavy atom. The van der Waals surface area contributed by atoms with Crippen LogP contribution >= 0.6 is 0 Å². The van der Waals surface area contributed by atoms with Crippen molar-refractivity contribution in [2.45, 2.75) is 31.0 Å². The summed E-state index contributed by atoms with van der Waals surface area (Å²) in [5.74, 6) is 1.57. The number of hydrogen-bond donors (Lipinski definition) is 3. The van der Waals surface area contributed by atoms with Gasteiger partial charge in [0.1, 0.15) is 22.6 Å². The standard InChI is InChI=1S/C27H31N3O4/c1-33-25-8-4-6-22-21(9-12-28-26(22)25)23(32)17-30-13-10-27(18-31,11-14-30)29-16-20-15-19-5-2-3-7-24(19)34-20/h2-9,12,15,23,29,31-32H,10-11,13-14,16-18H2,1H3/t23-/m0/s1. The van der Waals surface area contributed by atoms with Crippen LogP contribution in [-0.4, -0.2) is 59.0 Å². The van der Waals surface area contributed by atoms with Crippen molar-refractivity contribution < 1.29 is 19.4 Å². The van der Waals surface area contributed by atoms with Gasteiger partial charge in [-0.15, -0.1) is 0 Å². The third-order valence-electron chi connectivity index (χ3n) is 7.01. The molecule has 3 heterocycles. The first-order valence-electron chi connectivity index (χ1n) is 11.8. The van der Waals surface area contributed by atoms with Crippen molar-refractivity contribution in [3.63, 3.8) is 0 Å². The zero-order valence-electron chi connectivity index (χ0n) is 19.4. The van der Waals surface area contributed by atoms with Crippen molar-refractivity contribution in [1.82, 2.24) is 15.2 Å². The lowest BCUT2D eigenvalue weighted by Gasteiger charge is -2.42. The van der Waals surface area contributed by atoms with E-state index in [0.29, 0.717) is 18.8 Å². The molecule has 0 bridgehead atoms. The molecule has 178 valence electrons. The zero-order chi connectivity index (χ0) is 23.5. The predicted octanol–water partition coefficient (Wildman–Crippen LogP) is 3.64. The second-order valence-electron chi connectivity index (χ2n) is 9.12. The lowest BCUT2D eigenvalue weighted by molar-refractivity contribution is 0.0479. The first-order valence-corrected chi connectivity index (χ1v) is 11.8. The second kappa shape index (κ2) is 9.72. The number of para-hydroxylation sites is 2. The molecule has 5 rings (SSSR count). The summed E-state index contributed by atoms with van der Waals surface area (Å²) in [6, 6.07) is 17.7. The Bertz CT molecular complexity index is 1230. The number of ether oxygens (including phenoxy) is 1. The highest BCUT2D eigenvalue weighted by molar-refractivity contribution is 5.87. The van der Waals surface area contributed by atoms with E-state index in [1.54, 1.807) is 13.3 Å². The molecule has 0 saturated carbocycles. The summed E-state index contributed by atoms with van der Waals surface area (Å²) < 4.78 is 11.3. The van der Waals surface area contributed by atoms with E-state index in [1.165, 1.54) is 0 Å². The summed E-state index contributed by atoms with van der Waals surface area (Å²) in [4.78, 5) is 6.70. The van der Waals surface area contributed by atoms with Crippen molar-refractivity contribution in [2.24, 2.45) is 0 Å². The van der Waals surface area contributed by atoms with Crippen LogP contribution in [0, 0.1) is 0 Å². The maximum Gasteiger partial charge on any atom is 0.145 e. The van der Waals surface area contributed by atoms with Gasteiger partial charge in [0.25, 0.3) is 0 Å². The highest BCUT2D eigenvalue weighted by atomic mass is 16.5. The highest BCUT2D eigenvalue weighted by Gasteiger charge is 2.34. The third-order valence-corrected chi connectivity index (χ3v) is 7.01. The Balaban J connectivity index is 1.21. The molecule has 0 radical (unpaired) electrons. The lowest BCUT2D eigenvalue weighted by Crippen LogP contribution is -2.55. The van der Waals surface area contributed by atoms with Gasteiger partial charge in [-0.25, -0.2) is 0 Å². The van der Waals surface area contributed by atoms with E-state index < -0.39 is 6.10 Å². The van der Waals surface area contributed by atoms with Gasteiger partial charge in [-0.1, -0.05) is 30.3 Å². The molecule has 34 heavy (non-hydrogen) atoms. The largest absolute Gasteiger partial charge is 0.494 e. The molecule has 1 aliphatic heterocycles. The molecule has 7 nitrogen and oxygen atoms in total. The Kier molecular flexibility index (Phi) is 6.52. The number of hydrogen-bond acceptors (Lipinski definition) is 7. The highest BCUT2D eigenvalue weighted by Crippen LogP contribution is 2.31. The Labute approximate surface area is 199 Å². The molecule has 0 unspecified atom stereocenters. The summed E-state index contributed by atoms with van der Waals surface area (Å²) in [7, 11) is 1.63. The number of piperidine rings is 1. The summed E-state index contributed by atoms with van der Waals surface area (Å²) in [6.45, 7) is 2.75. The van der Waals surface area contributed by atoms with Crippen molar-refractivity contribution in [1.29, 1.82) is 0 Å². The quantitative estimate of drug-likeness (QED) is 0.369. The van der Waals surface area contributed by atoms with Crippen LogP contribution in [0.3, 0.4) is 0 Å². The van der Waals surface area contributed by atoms with Crippen LogP contribution in [0.1, 0.15) is 30.3 Å². The number of nitrogens with one attached hydrogen (secondary N) is 1. The molecule has 2 aromatic heterocycles. The number of fused-ring (bicyclic) bond motifs is 2. The summed E-state index contributed by atoms with van der Waals surface area (Å²) >= 11 is 0. The molecule has 0 amide bonds. The molecular formula is C27H31N3O4. The van der Waals surface area contributed by atoms with Gasteiger partial charge >= 0.3 is 0 Å². The monoisotopic (exact) mass is 461 g/mol. The van der Waals surface area contributed by atoms with E-state index in [4.69, 9.17) is 9.15 Å². The number of nitrogens with zero attached hydrogens (tertiary/aromatic N) is 2. The van der Waals surface area contributed by atoms with E-state index >= 15 is 0 Å². The minimum atomic E-state index is -0.636. The fourth-order valence-corrected chi connectivity index (χ4v) is 4.92. The number of benzene rings is 2. The van der Waals surface area contributed by atoms with Gasteiger partial charge in [-0.3, -0.25) is 4.98 Å². The molecule has 3 N–H and O–H groups in total. The molecule has 0 aliphatic carbocycles. The number of furan rings is 1. The molecule has 1 aliphatic rings. The maximum absolute atomic E-state index is 11.1. The summed E-state index contributed by atoms with van der Waals surface area (Å²) in [6.07, 6.45) is 2.67. The molecule has 1 saturated heterocycles. The number of likely N-dealkylation sites (tertiary alicyclic amines) is 1. The fraction of sp³-hybridized carbons (Fsp3) is 0.370. The minimum Gasteiger partial charge on any atom is -0.494 e. The van der Waals surface area contributed by atoms with Gasteiger partial charge in [0.2, 0.25) is 0 Å². The van der Waals surface area contributed by atoms with Crippen LogP contribution in [0.25, 0.3) is 21.9 Å². The van der Waals surface area contributed by atoms with E-state index in [2.05, 4.69) is 15.2 Å². The van der Waals surface area contributed by atoms with Gasteiger partial charge < -0.3 is 29.6 Å². The maximum atomic E-state index is 11.1. The average Bonchev–Trinajstić information content (AvgIpc) is 3.31. The van der Waals surface area contributed by atoms with Crippen molar-refractivity contribution in [3.8, 4) is 5.75 Å². The normalized spacial score (nSPS) is 17.3. The van der Waals surface area contributed by atoms with Crippen molar-refractivity contribution in [3.05, 3.63) is 72.1 Å². The van der Waals surface area contributed by atoms with Crippen LogP contribution < -0.4 is 10.1 Å². The molecule has 2 aromatic carbocycles. The Morgan fingerprint density at radius 2 is 1.97 bits per heavy atom. The fourth-order valence-electron chi connectivity index (χ4n) is 4.92. The van der Waals surface area contributed by atoms with Gasteiger partial charge in [0.15, 0.2) is 0 Å². The van der Waals surface area contributed by atoms with E-state index in [-0.39, 0.29) is 12.1 Å². The predicted molar refractivity (Wildman–Crippen MR) is 132 cm³/mol. The SMILES string of the molecule is COc1cccc2c([C@@H](O)CN3CCC(CO)(NCc4cc5ccccc5o4)CC3)ccnc12. The smallest absolute Gasteiger partial charge is 0.145 e. The van der Waals surface area contributed by atoms with Gasteiger partial charge in [-0.05, 0) is 42.7 Å². The van der Waals surface area contributed by atoms with Gasteiger partial charge in [0.05, 0.1) is 26.4 Å². The van der Waals surface area contributed by atoms with E-state index in [1.807, 2.05) is 54.6 Å². The summed E-state index contributed by atoms with van der Waals surface area (Å²) in [5.41, 5.74) is 2.14. The van der Waals surface area contributed by atoms with E-state index in [0.717, 1.165) is 59.1 Å². The van der Waals surface area contributed by atoms with Crippen LogP contribution in [0.2, 0.25) is 0 Å². The average molecular weight is 462 g/mol. The topological polar surface area (TPSA) is 91.0 Å². The number of rotatable bonds is 8.